The van der Waals surface area contributed by atoms with E-state index in [1.165, 1.54) is 0 Å². The number of nitrogens with zero attached hydrogens (tertiary/aromatic N) is 1. The number of hydrogen-bond donors (Lipinski definition) is 1. The molecule has 0 saturated carbocycles. The van der Waals surface area contributed by atoms with E-state index < -0.39 is 0 Å². The van der Waals surface area contributed by atoms with Gasteiger partial charge in [0.1, 0.15) is 11.3 Å². The van der Waals surface area contributed by atoms with Gasteiger partial charge in [-0.05, 0) is 42.7 Å². The Bertz CT molecular complexity index is 912. The standard InChI is InChI=1S/C21H22N2O3/c1-16-10-13-23(14-11-17-6-3-2-4-7-17)21(25)19(16)20(24)22-12-9-18-8-5-15-26-18/h2-8,10,13,15H,9,11-12,14H2,1H3,(H,22,24). The molecule has 0 aliphatic carbocycles. The van der Waals surface area contributed by atoms with E-state index in [1.807, 2.05) is 48.5 Å². The number of carbonyl (C=O) groups excluding carboxylic acids is 1. The third-order valence-corrected chi connectivity index (χ3v) is 4.32. The molecule has 0 unspecified atom stereocenters. The van der Waals surface area contributed by atoms with Crippen LogP contribution in [0.2, 0.25) is 0 Å². The number of furan rings is 1. The lowest BCUT2D eigenvalue weighted by Gasteiger charge is -2.11. The quantitative estimate of drug-likeness (QED) is 0.712. The molecule has 0 saturated heterocycles. The molecule has 1 aromatic carbocycles. The first kappa shape index (κ1) is 17.7. The first-order valence-electron chi connectivity index (χ1n) is 8.69. The van der Waals surface area contributed by atoms with Crippen molar-refractivity contribution in [3.05, 3.63) is 93.8 Å². The van der Waals surface area contributed by atoms with E-state index in [1.54, 1.807) is 24.0 Å². The third kappa shape index (κ3) is 4.30. The fourth-order valence-corrected chi connectivity index (χ4v) is 2.85. The second-order valence-corrected chi connectivity index (χ2v) is 6.19. The number of nitrogens with one attached hydrogen (secondary N) is 1. The topological polar surface area (TPSA) is 64.2 Å². The third-order valence-electron chi connectivity index (χ3n) is 4.32. The Kier molecular flexibility index (Phi) is 5.69. The van der Waals surface area contributed by atoms with Crippen molar-refractivity contribution < 1.29 is 9.21 Å². The van der Waals surface area contributed by atoms with Crippen LogP contribution in [0, 0.1) is 6.92 Å². The minimum Gasteiger partial charge on any atom is -0.469 e. The minimum absolute atomic E-state index is 0.208. The Balaban J connectivity index is 1.68. The predicted octanol–water partition coefficient (Wildman–Crippen LogP) is 2.96. The molecule has 0 aliphatic rings. The molecule has 26 heavy (non-hydrogen) atoms. The second kappa shape index (κ2) is 8.34. The Hall–Kier alpha value is -3.08. The van der Waals surface area contributed by atoms with Gasteiger partial charge in [0.15, 0.2) is 0 Å². The number of amides is 1. The van der Waals surface area contributed by atoms with Crippen LogP contribution in [-0.4, -0.2) is 17.0 Å². The zero-order valence-electron chi connectivity index (χ0n) is 14.8. The number of benzene rings is 1. The molecule has 3 rings (SSSR count). The zero-order valence-corrected chi connectivity index (χ0v) is 14.8. The van der Waals surface area contributed by atoms with Crippen LogP contribution in [0.5, 0.6) is 0 Å². The molecule has 0 spiro atoms. The number of carbonyl (C=O) groups is 1. The van der Waals surface area contributed by atoms with E-state index >= 15 is 0 Å². The molecule has 0 bridgehead atoms. The summed E-state index contributed by atoms with van der Waals surface area (Å²) in [6, 6.07) is 15.5. The second-order valence-electron chi connectivity index (χ2n) is 6.19. The first-order chi connectivity index (χ1) is 12.6. The Labute approximate surface area is 152 Å². The van der Waals surface area contributed by atoms with Crippen LogP contribution >= 0.6 is 0 Å². The summed E-state index contributed by atoms with van der Waals surface area (Å²) in [5, 5.41) is 2.81. The maximum Gasteiger partial charge on any atom is 0.263 e. The van der Waals surface area contributed by atoms with Crippen LogP contribution in [0.15, 0.2) is 70.2 Å². The maximum absolute atomic E-state index is 12.7. The molecule has 0 aliphatic heterocycles. The number of hydrogen-bond acceptors (Lipinski definition) is 3. The van der Waals surface area contributed by atoms with Crippen molar-refractivity contribution >= 4 is 5.91 Å². The fourth-order valence-electron chi connectivity index (χ4n) is 2.85. The van der Waals surface area contributed by atoms with Crippen molar-refractivity contribution in [2.75, 3.05) is 6.54 Å². The van der Waals surface area contributed by atoms with Crippen molar-refractivity contribution in [3.63, 3.8) is 0 Å². The van der Waals surface area contributed by atoms with E-state index in [0.717, 1.165) is 17.7 Å². The van der Waals surface area contributed by atoms with Crippen LogP contribution in [0.1, 0.15) is 27.2 Å². The molecule has 1 N–H and O–H groups in total. The van der Waals surface area contributed by atoms with E-state index in [0.29, 0.717) is 25.1 Å². The van der Waals surface area contributed by atoms with E-state index in [4.69, 9.17) is 4.42 Å². The summed E-state index contributed by atoms with van der Waals surface area (Å²) in [7, 11) is 0. The van der Waals surface area contributed by atoms with Crippen molar-refractivity contribution in [1.82, 2.24) is 9.88 Å². The molecule has 0 fully saturated rings. The molecule has 0 radical (unpaired) electrons. The lowest BCUT2D eigenvalue weighted by Crippen LogP contribution is -2.35. The van der Waals surface area contributed by atoms with E-state index in [-0.39, 0.29) is 17.0 Å². The largest absolute Gasteiger partial charge is 0.469 e. The van der Waals surface area contributed by atoms with Crippen LogP contribution in [0.3, 0.4) is 0 Å². The SMILES string of the molecule is Cc1ccn(CCc2ccccc2)c(=O)c1C(=O)NCCc1ccco1. The lowest BCUT2D eigenvalue weighted by molar-refractivity contribution is 0.0951. The van der Waals surface area contributed by atoms with Gasteiger partial charge in [0.05, 0.1) is 6.26 Å². The highest BCUT2D eigenvalue weighted by Gasteiger charge is 2.15. The average molecular weight is 350 g/mol. The predicted molar refractivity (Wildman–Crippen MR) is 100 cm³/mol. The molecule has 5 heteroatoms. The summed E-state index contributed by atoms with van der Waals surface area (Å²) in [5.41, 5.74) is 1.79. The zero-order chi connectivity index (χ0) is 18.4. The molecule has 3 aromatic rings. The molecule has 134 valence electrons. The van der Waals surface area contributed by atoms with Gasteiger partial charge in [-0.2, -0.15) is 0 Å². The Morgan fingerprint density at radius 1 is 1.08 bits per heavy atom. The number of pyridine rings is 1. The van der Waals surface area contributed by atoms with Crippen LogP contribution in [0.25, 0.3) is 0 Å². The van der Waals surface area contributed by atoms with Gasteiger partial charge in [0.25, 0.3) is 11.5 Å². The van der Waals surface area contributed by atoms with Crippen LogP contribution < -0.4 is 10.9 Å². The monoisotopic (exact) mass is 350 g/mol. The lowest BCUT2D eigenvalue weighted by atomic mass is 10.1. The summed E-state index contributed by atoms with van der Waals surface area (Å²) in [6.07, 6.45) is 4.68. The van der Waals surface area contributed by atoms with E-state index in [9.17, 15) is 9.59 Å². The van der Waals surface area contributed by atoms with Crippen molar-refractivity contribution in [2.45, 2.75) is 26.3 Å². The molecule has 2 heterocycles. The highest BCUT2D eigenvalue weighted by Crippen LogP contribution is 2.05. The Morgan fingerprint density at radius 2 is 1.88 bits per heavy atom. The summed E-state index contributed by atoms with van der Waals surface area (Å²) < 4.78 is 6.84. The molecule has 2 aromatic heterocycles. The molecular formula is C21H22N2O3. The first-order valence-corrected chi connectivity index (χ1v) is 8.69. The molecule has 0 atom stereocenters. The molecule has 5 nitrogen and oxygen atoms in total. The van der Waals surface area contributed by atoms with Gasteiger partial charge >= 0.3 is 0 Å². The molecular weight excluding hydrogens is 328 g/mol. The fraction of sp³-hybridized carbons (Fsp3) is 0.238. The normalized spacial score (nSPS) is 10.7. The summed E-state index contributed by atoms with van der Waals surface area (Å²) in [5.74, 6) is 0.462. The van der Waals surface area contributed by atoms with Crippen molar-refractivity contribution in [1.29, 1.82) is 0 Å². The van der Waals surface area contributed by atoms with Gasteiger partial charge in [-0.15, -0.1) is 0 Å². The van der Waals surface area contributed by atoms with Gasteiger partial charge in [-0.3, -0.25) is 9.59 Å². The summed E-state index contributed by atoms with van der Waals surface area (Å²) in [6.45, 7) is 2.74. The van der Waals surface area contributed by atoms with Crippen molar-refractivity contribution in [3.8, 4) is 0 Å². The smallest absolute Gasteiger partial charge is 0.263 e. The number of rotatable bonds is 7. The maximum atomic E-state index is 12.7. The number of aryl methyl sites for hydroxylation is 3. The van der Waals surface area contributed by atoms with Gasteiger partial charge in [0, 0.05) is 25.7 Å². The van der Waals surface area contributed by atoms with Crippen molar-refractivity contribution in [2.24, 2.45) is 0 Å². The average Bonchev–Trinajstić information content (AvgIpc) is 3.15. The van der Waals surface area contributed by atoms with Gasteiger partial charge < -0.3 is 14.3 Å². The summed E-state index contributed by atoms with van der Waals surface area (Å²) in [4.78, 5) is 25.2. The molecule has 1 amide bonds. The summed E-state index contributed by atoms with van der Waals surface area (Å²) >= 11 is 0. The van der Waals surface area contributed by atoms with Gasteiger partial charge in [0.2, 0.25) is 0 Å². The van der Waals surface area contributed by atoms with E-state index in [2.05, 4.69) is 5.32 Å². The minimum atomic E-state index is -0.340. The van der Waals surface area contributed by atoms with Crippen LogP contribution in [0.4, 0.5) is 0 Å². The highest BCUT2D eigenvalue weighted by molar-refractivity contribution is 5.95. The Morgan fingerprint density at radius 3 is 2.62 bits per heavy atom. The van der Waals surface area contributed by atoms with Crippen LogP contribution in [-0.2, 0) is 19.4 Å². The van der Waals surface area contributed by atoms with Gasteiger partial charge in [-0.1, -0.05) is 30.3 Å². The van der Waals surface area contributed by atoms with Gasteiger partial charge in [-0.25, -0.2) is 0 Å². The highest BCUT2D eigenvalue weighted by atomic mass is 16.3. The number of aromatic nitrogens is 1.